The van der Waals surface area contributed by atoms with Gasteiger partial charge < -0.3 is 5.11 Å². The summed E-state index contributed by atoms with van der Waals surface area (Å²) in [5.74, 6) is 0. The van der Waals surface area contributed by atoms with E-state index in [1.807, 2.05) is 6.08 Å². The minimum absolute atomic E-state index is 0.137. The molecule has 1 aromatic carbocycles. The van der Waals surface area contributed by atoms with Crippen molar-refractivity contribution < 1.29 is 5.11 Å². The van der Waals surface area contributed by atoms with Crippen LogP contribution in [0.5, 0.6) is 0 Å². The Bertz CT molecular complexity index is 328. The number of aryl methyl sites for hydroxylation is 1. The molecule has 1 N–H and O–H groups in total. The summed E-state index contributed by atoms with van der Waals surface area (Å²) in [5.41, 5.74) is 3.85. The number of aliphatic hydroxyl groups excluding tert-OH is 1. The molecule has 1 aliphatic rings. The fraction of sp³-hybridized carbons (Fsp3) is 0.333. The summed E-state index contributed by atoms with van der Waals surface area (Å²) < 4.78 is 0. The van der Waals surface area contributed by atoms with E-state index in [-0.39, 0.29) is 6.10 Å². The molecule has 0 saturated heterocycles. The second kappa shape index (κ2) is 3.35. The second-order valence-electron chi connectivity index (χ2n) is 3.63. The summed E-state index contributed by atoms with van der Waals surface area (Å²) in [7, 11) is 0. The molecule has 2 rings (SSSR count). The predicted molar refractivity (Wildman–Crippen MR) is 54.6 cm³/mol. The van der Waals surface area contributed by atoms with E-state index in [1.54, 1.807) is 0 Å². The van der Waals surface area contributed by atoms with Crippen LogP contribution in [0.2, 0.25) is 0 Å². The van der Waals surface area contributed by atoms with Crippen molar-refractivity contribution in [3.63, 3.8) is 0 Å². The molecule has 0 aromatic heterocycles. The van der Waals surface area contributed by atoms with E-state index < -0.39 is 0 Å². The van der Waals surface area contributed by atoms with Crippen molar-refractivity contribution in [2.45, 2.75) is 25.4 Å². The van der Waals surface area contributed by atoms with Crippen molar-refractivity contribution in [1.82, 2.24) is 0 Å². The van der Waals surface area contributed by atoms with Gasteiger partial charge in [-0.15, -0.1) is 0 Å². The van der Waals surface area contributed by atoms with E-state index in [2.05, 4.69) is 24.8 Å². The van der Waals surface area contributed by atoms with Gasteiger partial charge in [-0.25, -0.2) is 0 Å². The first-order valence-corrected chi connectivity index (χ1v) is 4.72. The van der Waals surface area contributed by atoms with Crippen LogP contribution in [0.15, 0.2) is 24.8 Å². The van der Waals surface area contributed by atoms with E-state index in [0.29, 0.717) is 0 Å². The molecule has 0 radical (unpaired) electrons. The first-order valence-electron chi connectivity index (χ1n) is 4.72. The van der Waals surface area contributed by atoms with Gasteiger partial charge in [-0.2, -0.15) is 0 Å². The molecule has 0 aliphatic heterocycles. The van der Waals surface area contributed by atoms with Crippen LogP contribution < -0.4 is 0 Å². The lowest BCUT2D eigenvalue weighted by atomic mass is 9.89. The third-order valence-corrected chi connectivity index (χ3v) is 2.67. The molecule has 1 aliphatic carbocycles. The Morgan fingerprint density at radius 1 is 1.38 bits per heavy atom. The smallest absolute Gasteiger partial charge is 0.0583 e. The Balaban J connectivity index is 2.36. The Morgan fingerprint density at radius 2 is 2.23 bits per heavy atom. The molecule has 13 heavy (non-hydrogen) atoms. The van der Waals surface area contributed by atoms with Gasteiger partial charge in [-0.05, 0) is 36.0 Å². The molecule has 0 saturated carbocycles. The third kappa shape index (κ3) is 1.65. The highest BCUT2D eigenvalue weighted by atomic mass is 16.3. The van der Waals surface area contributed by atoms with Crippen LogP contribution in [-0.4, -0.2) is 11.2 Å². The van der Waals surface area contributed by atoms with Crippen LogP contribution >= 0.6 is 0 Å². The van der Waals surface area contributed by atoms with Gasteiger partial charge in [0.25, 0.3) is 0 Å². The van der Waals surface area contributed by atoms with E-state index in [4.69, 9.17) is 0 Å². The molecular formula is C12H14O. The summed E-state index contributed by atoms with van der Waals surface area (Å²) >= 11 is 0. The lowest BCUT2D eigenvalue weighted by molar-refractivity contribution is 0.158. The van der Waals surface area contributed by atoms with Crippen molar-refractivity contribution in [1.29, 1.82) is 0 Å². The topological polar surface area (TPSA) is 20.2 Å². The maximum atomic E-state index is 9.46. The van der Waals surface area contributed by atoms with Gasteiger partial charge in [0.15, 0.2) is 0 Å². The largest absolute Gasteiger partial charge is 0.393 e. The molecule has 1 unspecified atom stereocenters. The fourth-order valence-corrected chi connectivity index (χ4v) is 1.88. The second-order valence-corrected chi connectivity index (χ2v) is 3.63. The minimum Gasteiger partial charge on any atom is -0.393 e. The van der Waals surface area contributed by atoms with Gasteiger partial charge in [-0.3, -0.25) is 0 Å². The Morgan fingerprint density at radius 3 is 3.00 bits per heavy atom. The predicted octanol–water partition coefficient (Wildman–Crippen LogP) is 2.18. The molecule has 0 heterocycles. The van der Waals surface area contributed by atoms with E-state index >= 15 is 0 Å². The van der Waals surface area contributed by atoms with Gasteiger partial charge in [-0.1, -0.05) is 30.9 Å². The highest BCUT2D eigenvalue weighted by molar-refractivity contribution is 5.50. The van der Waals surface area contributed by atoms with Gasteiger partial charge in [0.2, 0.25) is 0 Å². The highest BCUT2D eigenvalue weighted by Gasteiger charge is 2.15. The van der Waals surface area contributed by atoms with Crippen molar-refractivity contribution in [3.8, 4) is 0 Å². The molecular weight excluding hydrogens is 160 g/mol. The van der Waals surface area contributed by atoms with Crippen LogP contribution in [-0.2, 0) is 12.8 Å². The Kier molecular flexibility index (Phi) is 2.19. The highest BCUT2D eigenvalue weighted by Crippen LogP contribution is 2.22. The van der Waals surface area contributed by atoms with Crippen LogP contribution in [0.1, 0.15) is 23.1 Å². The van der Waals surface area contributed by atoms with Crippen molar-refractivity contribution in [2.75, 3.05) is 0 Å². The number of hydrogen-bond acceptors (Lipinski definition) is 1. The Hall–Kier alpha value is -1.08. The maximum absolute atomic E-state index is 9.46. The fourth-order valence-electron chi connectivity index (χ4n) is 1.88. The summed E-state index contributed by atoms with van der Waals surface area (Å²) in [6.45, 7) is 3.75. The van der Waals surface area contributed by atoms with Crippen LogP contribution in [0.4, 0.5) is 0 Å². The summed E-state index contributed by atoms with van der Waals surface area (Å²) in [6.07, 6.45) is 4.44. The zero-order chi connectivity index (χ0) is 9.26. The number of aliphatic hydroxyl groups is 1. The molecule has 0 spiro atoms. The average molecular weight is 174 g/mol. The zero-order valence-corrected chi connectivity index (χ0v) is 7.66. The minimum atomic E-state index is -0.137. The van der Waals surface area contributed by atoms with Gasteiger partial charge in [0.05, 0.1) is 6.10 Å². The molecule has 0 bridgehead atoms. The molecule has 1 atom stereocenters. The molecule has 1 nitrogen and oxygen atoms in total. The molecule has 0 amide bonds. The number of rotatable bonds is 1. The zero-order valence-electron chi connectivity index (χ0n) is 7.66. The van der Waals surface area contributed by atoms with Gasteiger partial charge >= 0.3 is 0 Å². The summed E-state index contributed by atoms with van der Waals surface area (Å²) in [5, 5.41) is 9.46. The third-order valence-electron chi connectivity index (χ3n) is 2.67. The van der Waals surface area contributed by atoms with E-state index in [1.165, 1.54) is 16.7 Å². The summed E-state index contributed by atoms with van der Waals surface area (Å²) in [4.78, 5) is 0. The SMILES string of the molecule is C=Cc1ccc2c(c1)CCC(O)C2. The lowest BCUT2D eigenvalue weighted by Crippen LogP contribution is -2.18. The van der Waals surface area contributed by atoms with Crippen molar-refractivity contribution >= 4 is 6.08 Å². The first kappa shape index (κ1) is 8.52. The molecule has 0 fully saturated rings. The number of benzene rings is 1. The van der Waals surface area contributed by atoms with Gasteiger partial charge in [0.1, 0.15) is 0 Å². The average Bonchev–Trinajstić information content (AvgIpc) is 2.17. The molecule has 1 aromatic rings. The van der Waals surface area contributed by atoms with E-state index in [9.17, 15) is 5.11 Å². The van der Waals surface area contributed by atoms with Gasteiger partial charge in [0, 0.05) is 0 Å². The molecule has 68 valence electrons. The Labute approximate surface area is 78.7 Å². The first-order chi connectivity index (χ1) is 6.29. The van der Waals surface area contributed by atoms with E-state index in [0.717, 1.165) is 19.3 Å². The maximum Gasteiger partial charge on any atom is 0.0583 e. The van der Waals surface area contributed by atoms with Crippen LogP contribution in [0.25, 0.3) is 6.08 Å². The lowest BCUT2D eigenvalue weighted by Gasteiger charge is -2.20. The van der Waals surface area contributed by atoms with Crippen molar-refractivity contribution in [2.24, 2.45) is 0 Å². The molecule has 1 heteroatoms. The van der Waals surface area contributed by atoms with Crippen LogP contribution in [0, 0.1) is 0 Å². The number of hydrogen-bond donors (Lipinski definition) is 1. The summed E-state index contributed by atoms with van der Waals surface area (Å²) in [6, 6.07) is 6.34. The van der Waals surface area contributed by atoms with Crippen molar-refractivity contribution in [3.05, 3.63) is 41.5 Å². The quantitative estimate of drug-likeness (QED) is 0.692. The standard InChI is InChI=1S/C12H14O/c1-2-9-3-4-11-8-12(13)6-5-10(11)7-9/h2-4,7,12-13H,1,5-6,8H2. The number of fused-ring (bicyclic) bond motifs is 1. The van der Waals surface area contributed by atoms with Crippen LogP contribution in [0.3, 0.4) is 0 Å². The monoisotopic (exact) mass is 174 g/mol. The normalized spacial score (nSPS) is 20.8.